The molecular formula is C22H22N3O3S+. The standard InChI is InChI=1S/C22H21N3O3S/c26-22(8-7-21-23-17-3-1-2-4-20(17)29-21)25-11-9-24(10-12-25)14-16-5-6-18-19(13-16)28-15-27-18/h1-8,13H,9-12,14-15H2/p+1/b8-7+. The van der Waals surface area contributed by atoms with Crippen LogP contribution in [-0.2, 0) is 11.3 Å². The van der Waals surface area contributed by atoms with Crippen LogP contribution >= 0.6 is 11.3 Å². The van der Waals surface area contributed by atoms with Gasteiger partial charge >= 0.3 is 0 Å². The summed E-state index contributed by atoms with van der Waals surface area (Å²) in [4.78, 5) is 20.5. The molecule has 1 saturated heterocycles. The van der Waals surface area contributed by atoms with E-state index in [9.17, 15) is 4.79 Å². The summed E-state index contributed by atoms with van der Waals surface area (Å²) in [6.45, 7) is 4.65. The Kier molecular flexibility index (Phi) is 4.91. The van der Waals surface area contributed by atoms with Gasteiger partial charge in [-0.05, 0) is 36.4 Å². The molecule has 1 fully saturated rings. The number of amides is 1. The SMILES string of the molecule is O=C(/C=C/c1nc2ccccc2s1)N1CC[NH+](Cc2ccc3c(c2)OCO3)CC1. The average molecular weight is 409 g/mol. The zero-order valence-electron chi connectivity index (χ0n) is 16.0. The van der Waals surface area contributed by atoms with Crippen LogP contribution in [0.4, 0.5) is 0 Å². The molecular weight excluding hydrogens is 386 g/mol. The lowest BCUT2D eigenvalue weighted by Gasteiger charge is -2.31. The molecule has 1 aromatic heterocycles. The van der Waals surface area contributed by atoms with Crippen LogP contribution in [0.1, 0.15) is 10.6 Å². The van der Waals surface area contributed by atoms with Gasteiger partial charge in [0.15, 0.2) is 11.5 Å². The summed E-state index contributed by atoms with van der Waals surface area (Å²) in [7, 11) is 0. The number of carbonyl (C=O) groups excluding carboxylic acids is 1. The smallest absolute Gasteiger partial charge is 0.247 e. The first-order chi connectivity index (χ1) is 14.2. The highest BCUT2D eigenvalue weighted by atomic mass is 32.1. The van der Waals surface area contributed by atoms with E-state index in [1.807, 2.05) is 41.3 Å². The van der Waals surface area contributed by atoms with Gasteiger partial charge in [-0.1, -0.05) is 12.1 Å². The summed E-state index contributed by atoms with van der Waals surface area (Å²) >= 11 is 1.60. The summed E-state index contributed by atoms with van der Waals surface area (Å²) < 4.78 is 12.0. The maximum absolute atomic E-state index is 12.6. The third kappa shape index (κ3) is 3.97. The molecule has 0 spiro atoms. The molecule has 1 N–H and O–H groups in total. The lowest BCUT2D eigenvalue weighted by molar-refractivity contribution is -0.917. The van der Waals surface area contributed by atoms with E-state index in [4.69, 9.17) is 9.47 Å². The van der Waals surface area contributed by atoms with E-state index in [0.29, 0.717) is 6.79 Å². The van der Waals surface area contributed by atoms with Crippen molar-refractivity contribution < 1.29 is 19.2 Å². The van der Waals surface area contributed by atoms with Crippen LogP contribution in [0.2, 0.25) is 0 Å². The van der Waals surface area contributed by atoms with Crippen molar-refractivity contribution in [2.45, 2.75) is 6.54 Å². The summed E-state index contributed by atoms with van der Waals surface area (Å²) in [5, 5.41) is 0.867. The summed E-state index contributed by atoms with van der Waals surface area (Å²) in [5.74, 6) is 1.71. The van der Waals surface area contributed by atoms with Gasteiger partial charge in [-0.2, -0.15) is 0 Å². The number of thiazole rings is 1. The van der Waals surface area contributed by atoms with Gasteiger partial charge in [0.2, 0.25) is 12.7 Å². The molecule has 0 atom stereocenters. The number of hydrogen-bond acceptors (Lipinski definition) is 5. The highest BCUT2D eigenvalue weighted by Gasteiger charge is 2.23. The quantitative estimate of drug-likeness (QED) is 0.671. The van der Waals surface area contributed by atoms with E-state index in [1.54, 1.807) is 17.4 Å². The molecule has 2 aromatic carbocycles. The topological polar surface area (TPSA) is 56.1 Å². The van der Waals surface area contributed by atoms with Crippen molar-refractivity contribution in [2.75, 3.05) is 33.0 Å². The normalized spacial score (nSPS) is 16.8. The Labute approximate surface area is 173 Å². The van der Waals surface area contributed by atoms with Crippen molar-refractivity contribution in [1.82, 2.24) is 9.88 Å². The third-order valence-electron chi connectivity index (χ3n) is 5.35. The minimum atomic E-state index is 0.0615. The summed E-state index contributed by atoms with van der Waals surface area (Å²) in [5.41, 5.74) is 2.21. The Hall–Kier alpha value is -2.90. The minimum Gasteiger partial charge on any atom is -0.454 e. The van der Waals surface area contributed by atoms with Gasteiger partial charge in [0.05, 0.1) is 36.4 Å². The van der Waals surface area contributed by atoms with Crippen molar-refractivity contribution in [1.29, 1.82) is 0 Å². The Bertz CT molecular complexity index is 1040. The van der Waals surface area contributed by atoms with Gasteiger partial charge in [0.25, 0.3) is 0 Å². The predicted octanol–water partition coefficient (Wildman–Crippen LogP) is 1.97. The molecule has 3 aromatic rings. The number of aromatic nitrogens is 1. The van der Waals surface area contributed by atoms with E-state index < -0.39 is 0 Å². The molecule has 0 unspecified atom stereocenters. The van der Waals surface area contributed by atoms with Crippen LogP contribution in [0.3, 0.4) is 0 Å². The minimum absolute atomic E-state index is 0.0615. The van der Waals surface area contributed by atoms with Gasteiger partial charge in [0, 0.05) is 11.6 Å². The number of hydrogen-bond donors (Lipinski definition) is 1. The largest absolute Gasteiger partial charge is 0.454 e. The number of fused-ring (bicyclic) bond motifs is 2. The van der Waals surface area contributed by atoms with Crippen molar-refractivity contribution in [3.05, 3.63) is 59.1 Å². The van der Waals surface area contributed by atoms with Crippen LogP contribution in [0, 0.1) is 0 Å². The molecule has 0 bridgehead atoms. The van der Waals surface area contributed by atoms with Gasteiger partial charge < -0.3 is 19.3 Å². The van der Waals surface area contributed by atoms with Crippen LogP contribution in [0.5, 0.6) is 11.5 Å². The molecule has 148 valence electrons. The molecule has 2 aliphatic heterocycles. The second-order valence-electron chi connectivity index (χ2n) is 7.29. The fourth-order valence-electron chi connectivity index (χ4n) is 3.77. The predicted molar refractivity (Wildman–Crippen MR) is 112 cm³/mol. The second kappa shape index (κ2) is 7.85. The van der Waals surface area contributed by atoms with E-state index >= 15 is 0 Å². The first-order valence-corrected chi connectivity index (χ1v) is 10.6. The number of quaternary nitrogens is 1. The number of nitrogens with one attached hydrogen (secondary N) is 1. The molecule has 2 aliphatic rings. The lowest BCUT2D eigenvalue weighted by Crippen LogP contribution is -3.13. The molecule has 1 amide bonds. The van der Waals surface area contributed by atoms with Crippen LogP contribution in [0.25, 0.3) is 16.3 Å². The first kappa shape index (κ1) is 18.1. The average Bonchev–Trinajstić information content (AvgIpc) is 3.38. The maximum Gasteiger partial charge on any atom is 0.247 e. The lowest BCUT2D eigenvalue weighted by atomic mass is 10.1. The third-order valence-corrected chi connectivity index (χ3v) is 6.35. The number of nitrogens with zero attached hydrogens (tertiary/aromatic N) is 2. The monoisotopic (exact) mass is 408 g/mol. The van der Waals surface area contributed by atoms with Crippen LogP contribution in [-0.4, -0.2) is 48.8 Å². The van der Waals surface area contributed by atoms with E-state index in [1.165, 1.54) is 10.5 Å². The van der Waals surface area contributed by atoms with Crippen LogP contribution < -0.4 is 14.4 Å². The highest BCUT2D eigenvalue weighted by Crippen LogP contribution is 2.32. The van der Waals surface area contributed by atoms with Gasteiger partial charge in [-0.25, -0.2) is 4.98 Å². The fraction of sp³-hybridized carbons (Fsp3) is 0.273. The molecule has 0 aliphatic carbocycles. The molecule has 0 saturated carbocycles. The number of carbonyl (C=O) groups is 1. The maximum atomic E-state index is 12.6. The second-order valence-corrected chi connectivity index (χ2v) is 8.36. The molecule has 0 radical (unpaired) electrons. The number of rotatable bonds is 4. The van der Waals surface area contributed by atoms with Gasteiger partial charge in [0.1, 0.15) is 11.6 Å². The number of benzene rings is 2. The van der Waals surface area contributed by atoms with Crippen molar-refractivity contribution in [3.63, 3.8) is 0 Å². The van der Waals surface area contributed by atoms with Crippen molar-refractivity contribution in [3.8, 4) is 11.5 Å². The Morgan fingerprint density at radius 3 is 2.83 bits per heavy atom. The van der Waals surface area contributed by atoms with E-state index in [0.717, 1.165) is 59.4 Å². The highest BCUT2D eigenvalue weighted by molar-refractivity contribution is 7.19. The molecule has 3 heterocycles. The van der Waals surface area contributed by atoms with E-state index in [2.05, 4.69) is 17.1 Å². The van der Waals surface area contributed by atoms with Crippen molar-refractivity contribution in [2.24, 2.45) is 0 Å². The Balaban J connectivity index is 1.15. The number of ether oxygens (including phenoxy) is 2. The molecule has 29 heavy (non-hydrogen) atoms. The fourth-order valence-corrected chi connectivity index (χ4v) is 4.64. The van der Waals surface area contributed by atoms with Gasteiger partial charge in [-0.15, -0.1) is 11.3 Å². The number of para-hydroxylation sites is 1. The number of piperazine rings is 1. The van der Waals surface area contributed by atoms with Gasteiger partial charge in [-0.3, -0.25) is 4.79 Å². The summed E-state index contributed by atoms with van der Waals surface area (Å²) in [6.07, 6.45) is 3.49. The Morgan fingerprint density at radius 2 is 1.97 bits per heavy atom. The zero-order valence-corrected chi connectivity index (χ0v) is 16.8. The van der Waals surface area contributed by atoms with E-state index in [-0.39, 0.29) is 5.91 Å². The molecule has 5 rings (SSSR count). The first-order valence-electron chi connectivity index (χ1n) is 9.79. The Morgan fingerprint density at radius 1 is 1.14 bits per heavy atom. The summed E-state index contributed by atoms with van der Waals surface area (Å²) in [6, 6.07) is 14.2. The van der Waals surface area contributed by atoms with Crippen LogP contribution in [0.15, 0.2) is 48.5 Å². The molecule has 7 heteroatoms. The molecule has 6 nitrogen and oxygen atoms in total. The van der Waals surface area contributed by atoms with Crippen molar-refractivity contribution >= 4 is 33.5 Å². The zero-order chi connectivity index (χ0) is 19.6.